The van der Waals surface area contributed by atoms with Gasteiger partial charge >= 0.3 is 0 Å². The second-order valence-corrected chi connectivity index (χ2v) is 5.27. The van der Waals surface area contributed by atoms with Crippen molar-refractivity contribution < 1.29 is 14.2 Å². The van der Waals surface area contributed by atoms with E-state index in [0.29, 0.717) is 12.8 Å². The zero-order chi connectivity index (χ0) is 14.9. The van der Waals surface area contributed by atoms with Gasteiger partial charge in [0.05, 0.1) is 13.2 Å². The molecule has 21 heavy (non-hydrogen) atoms. The van der Waals surface area contributed by atoms with Crippen molar-refractivity contribution in [1.82, 2.24) is 5.32 Å². The zero-order valence-corrected chi connectivity index (χ0v) is 12.8. The SMILES string of the molecule is C=CCCOCCNC(C)CCc1ccc2c(c1)OCO2. The molecule has 0 spiro atoms. The summed E-state index contributed by atoms with van der Waals surface area (Å²) in [6.45, 7) is 8.61. The molecule has 0 aromatic heterocycles. The zero-order valence-electron chi connectivity index (χ0n) is 12.8. The number of aryl methyl sites for hydroxylation is 1. The van der Waals surface area contributed by atoms with Crippen LogP contribution < -0.4 is 14.8 Å². The molecule has 0 bridgehead atoms. The van der Waals surface area contributed by atoms with E-state index in [0.717, 1.165) is 50.5 Å². The first-order valence-electron chi connectivity index (χ1n) is 7.60. The molecule has 0 saturated carbocycles. The van der Waals surface area contributed by atoms with Crippen molar-refractivity contribution >= 4 is 0 Å². The van der Waals surface area contributed by atoms with E-state index in [4.69, 9.17) is 14.2 Å². The van der Waals surface area contributed by atoms with E-state index in [9.17, 15) is 0 Å². The van der Waals surface area contributed by atoms with Crippen molar-refractivity contribution in [2.45, 2.75) is 32.2 Å². The molecule has 4 heteroatoms. The van der Waals surface area contributed by atoms with E-state index in [1.807, 2.05) is 12.1 Å². The fourth-order valence-electron chi connectivity index (χ4n) is 2.23. The monoisotopic (exact) mass is 291 g/mol. The summed E-state index contributed by atoms with van der Waals surface area (Å²) in [5.41, 5.74) is 1.29. The van der Waals surface area contributed by atoms with Gasteiger partial charge in [0.25, 0.3) is 0 Å². The molecule has 0 amide bonds. The molecule has 2 rings (SSSR count). The van der Waals surface area contributed by atoms with Crippen LogP contribution in [0.4, 0.5) is 0 Å². The molecule has 4 nitrogen and oxygen atoms in total. The summed E-state index contributed by atoms with van der Waals surface area (Å²) in [7, 11) is 0. The maximum atomic E-state index is 5.47. The number of fused-ring (bicyclic) bond motifs is 1. The summed E-state index contributed by atoms with van der Waals surface area (Å²) in [4.78, 5) is 0. The van der Waals surface area contributed by atoms with Crippen LogP contribution in [0.15, 0.2) is 30.9 Å². The molecular weight excluding hydrogens is 266 g/mol. The van der Waals surface area contributed by atoms with Gasteiger partial charge in [-0.05, 0) is 43.9 Å². The lowest BCUT2D eigenvalue weighted by molar-refractivity contribution is 0.138. The van der Waals surface area contributed by atoms with Crippen LogP contribution in [0.1, 0.15) is 25.3 Å². The Hall–Kier alpha value is -1.52. The third-order valence-electron chi connectivity index (χ3n) is 3.51. The van der Waals surface area contributed by atoms with Crippen LogP contribution in [-0.2, 0) is 11.2 Å². The molecule has 1 unspecified atom stereocenters. The van der Waals surface area contributed by atoms with Gasteiger partial charge in [-0.15, -0.1) is 6.58 Å². The Balaban J connectivity index is 1.60. The van der Waals surface area contributed by atoms with Gasteiger partial charge in [-0.3, -0.25) is 0 Å². The van der Waals surface area contributed by atoms with E-state index in [2.05, 4.69) is 31.0 Å². The Labute approximate surface area is 127 Å². The molecule has 1 atom stereocenters. The number of hydrogen-bond donors (Lipinski definition) is 1. The van der Waals surface area contributed by atoms with E-state index >= 15 is 0 Å². The fraction of sp³-hybridized carbons (Fsp3) is 0.529. The smallest absolute Gasteiger partial charge is 0.231 e. The quantitative estimate of drug-likeness (QED) is 0.531. The van der Waals surface area contributed by atoms with Gasteiger partial charge in [-0.25, -0.2) is 0 Å². The molecule has 1 aliphatic heterocycles. The number of nitrogens with one attached hydrogen (secondary N) is 1. The lowest BCUT2D eigenvalue weighted by Crippen LogP contribution is -2.29. The molecule has 1 N–H and O–H groups in total. The average Bonchev–Trinajstić information content (AvgIpc) is 2.96. The number of hydrogen-bond acceptors (Lipinski definition) is 4. The highest BCUT2D eigenvalue weighted by molar-refractivity contribution is 5.44. The van der Waals surface area contributed by atoms with E-state index < -0.39 is 0 Å². The highest BCUT2D eigenvalue weighted by Crippen LogP contribution is 2.32. The minimum atomic E-state index is 0.336. The third kappa shape index (κ3) is 5.40. The average molecular weight is 291 g/mol. The summed E-state index contributed by atoms with van der Waals surface area (Å²) in [6.07, 6.45) is 4.91. The summed E-state index contributed by atoms with van der Waals surface area (Å²) < 4.78 is 16.2. The molecule has 0 fully saturated rings. The molecule has 1 aliphatic rings. The van der Waals surface area contributed by atoms with Gasteiger partial charge in [0, 0.05) is 12.6 Å². The van der Waals surface area contributed by atoms with Gasteiger partial charge in [0.2, 0.25) is 6.79 Å². The van der Waals surface area contributed by atoms with Crippen LogP contribution in [0, 0.1) is 0 Å². The van der Waals surface area contributed by atoms with Crippen molar-refractivity contribution in [3.8, 4) is 11.5 Å². The van der Waals surface area contributed by atoms with Crippen molar-refractivity contribution in [2.75, 3.05) is 26.6 Å². The lowest BCUT2D eigenvalue weighted by atomic mass is 10.1. The maximum absolute atomic E-state index is 5.47. The van der Waals surface area contributed by atoms with Crippen LogP contribution in [0.3, 0.4) is 0 Å². The molecule has 116 valence electrons. The predicted octanol–water partition coefficient (Wildman–Crippen LogP) is 2.92. The topological polar surface area (TPSA) is 39.7 Å². The lowest BCUT2D eigenvalue weighted by Gasteiger charge is -2.14. The van der Waals surface area contributed by atoms with Crippen molar-refractivity contribution in [1.29, 1.82) is 0 Å². The standard InChI is InChI=1S/C17H25NO3/c1-3-4-10-19-11-9-18-14(2)5-6-15-7-8-16-17(12-15)21-13-20-16/h3,7-8,12,14,18H,1,4-6,9-11,13H2,2H3. The molecule has 0 aliphatic carbocycles. The minimum Gasteiger partial charge on any atom is -0.454 e. The van der Waals surface area contributed by atoms with Crippen LogP contribution >= 0.6 is 0 Å². The molecule has 1 heterocycles. The largest absolute Gasteiger partial charge is 0.454 e. The van der Waals surface area contributed by atoms with Gasteiger partial charge in [-0.1, -0.05) is 12.1 Å². The Morgan fingerprint density at radius 3 is 3.05 bits per heavy atom. The van der Waals surface area contributed by atoms with Crippen molar-refractivity contribution in [2.24, 2.45) is 0 Å². The first-order valence-corrected chi connectivity index (χ1v) is 7.60. The van der Waals surface area contributed by atoms with Gasteiger partial charge in [0.15, 0.2) is 11.5 Å². The second-order valence-electron chi connectivity index (χ2n) is 5.27. The predicted molar refractivity (Wildman–Crippen MR) is 84.0 cm³/mol. The Morgan fingerprint density at radius 2 is 2.19 bits per heavy atom. The number of ether oxygens (including phenoxy) is 3. The van der Waals surface area contributed by atoms with Gasteiger partial charge in [0.1, 0.15) is 0 Å². The molecule has 1 aromatic rings. The summed E-state index contributed by atoms with van der Waals surface area (Å²) in [6, 6.07) is 6.65. The van der Waals surface area contributed by atoms with Gasteiger partial charge < -0.3 is 19.5 Å². The van der Waals surface area contributed by atoms with Gasteiger partial charge in [-0.2, -0.15) is 0 Å². The summed E-state index contributed by atoms with van der Waals surface area (Å²) in [5.74, 6) is 1.71. The van der Waals surface area contributed by atoms with E-state index in [-0.39, 0.29) is 0 Å². The Kier molecular flexibility index (Phi) is 6.57. The first-order chi connectivity index (χ1) is 10.3. The molecule has 1 aromatic carbocycles. The maximum Gasteiger partial charge on any atom is 0.231 e. The third-order valence-corrected chi connectivity index (χ3v) is 3.51. The highest BCUT2D eigenvalue weighted by Gasteiger charge is 2.13. The van der Waals surface area contributed by atoms with Crippen LogP contribution in [0.5, 0.6) is 11.5 Å². The summed E-state index contributed by atoms with van der Waals surface area (Å²) in [5, 5.41) is 3.48. The normalized spacial score (nSPS) is 14.1. The fourth-order valence-corrected chi connectivity index (χ4v) is 2.23. The highest BCUT2D eigenvalue weighted by atomic mass is 16.7. The molecule has 0 saturated heterocycles. The van der Waals surface area contributed by atoms with E-state index in [1.54, 1.807) is 0 Å². The van der Waals surface area contributed by atoms with Crippen molar-refractivity contribution in [3.63, 3.8) is 0 Å². The van der Waals surface area contributed by atoms with Crippen LogP contribution in [0.2, 0.25) is 0 Å². The van der Waals surface area contributed by atoms with Crippen molar-refractivity contribution in [3.05, 3.63) is 36.4 Å². The molecular formula is C17H25NO3. The van der Waals surface area contributed by atoms with E-state index in [1.165, 1.54) is 5.56 Å². The number of rotatable bonds is 10. The van der Waals surface area contributed by atoms with Crippen LogP contribution in [-0.4, -0.2) is 32.6 Å². The summed E-state index contributed by atoms with van der Waals surface area (Å²) >= 11 is 0. The minimum absolute atomic E-state index is 0.336. The molecule has 0 radical (unpaired) electrons. The second kappa shape index (κ2) is 8.70. The Morgan fingerprint density at radius 1 is 1.33 bits per heavy atom. The van der Waals surface area contributed by atoms with Crippen LogP contribution in [0.25, 0.3) is 0 Å². The first kappa shape index (κ1) is 15.9. The number of benzene rings is 1. The Bertz CT molecular complexity index is 448.